The summed E-state index contributed by atoms with van der Waals surface area (Å²) in [4.78, 5) is 51.2. The number of nitrogens with zero attached hydrogens (tertiary/aromatic N) is 1. The Kier molecular flexibility index (Phi) is 7.99. The Bertz CT molecular complexity index is 1470. The SMILES string of the molecule is COc1ccc(NC(=O)COc2ccc(/C=C3/C(=O)NC(=O)N(c4cccc(Cl)c4C)C3=O)cc2Cl)cc1. The molecule has 0 aliphatic carbocycles. The number of methoxy groups -OCH3 is 1. The van der Waals surface area contributed by atoms with Gasteiger partial charge in [0.15, 0.2) is 6.61 Å². The maximum Gasteiger partial charge on any atom is 0.335 e. The molecule has 5 amide bonds. The van der Waals surface area contributed by atoms with Crippen molar-refractivity contribution in [1.82, 2.24) is 5.32 Å². The van der Waals surface area contributed by atoms with Crippen LogP contribution >= 0.6 is 23.2 Å². The number of benzene rings is 3. The van der Waals surface area contributed by atoms with Gasteiger partial charge in [-0.2, -0.15) is 0 Å². The van der Waals surface area contributed by atoms with Crippen LogP contribution in [0.4, 0.5) is 16.2 Å². The molecule has 11 heteroatoms. The lowest BCUT2D eigenvalue weighted by Gasteiger charge is -2.27. The van der Waals surface area contributed by atoms with Crippen molar-refractivity contribution in [1.29, 1.82) is 0 Å². The molecule has 0 spiro atoms. The highest BCUT2D eigenvalue weighted by Crippen LogP contribution is 2.31. The fourth-order valence-corrected chi connectivity index (χ4v) is 4.03. The monoisotopic (exact) mass is 553 g/mol. The van der Waals surface area contributed by atoms with Crippen molar-refractivity contribution in [3.8, 4) is 11.5 Å². The van der Waals surface area contributed by atoms with Gasteiger partial charge in [0.1, 0.15) is 17.1 Å². The van der Waals surface area contributed by atoms with Crippen LogP contribution in [-0.2, 0) is 14.4 Å². The van der Waals surface area contributed by atoms with E-state index < -0.39 is 23.8 Å². The zero-order valence-electron chi connectivity index (χ0n) is 20.2. The van der Waals surface area contributed by atoms with Gasteiger partial charge in [-0.25, -0.2) is 9.69 Å². The average Bonchev–Trinajstić information content (AvgIpc) is 2.89. The van der Waals surface area contributed by atoms with E-state index in [2.05, 4.69) is 10.6 Å². The molecule has 2 N–H and O–H groups in total. The number of carbonyl (C=O) groups excluding carboxylic acids is 4. The number of imide groups is 2. The third kappa shape index (κ3) is 5.80. The fraction of sp³-hybridized carbons (Fsp3) is 0.111. The Morgan fingerprint density at radius 2 is 1.76 bits per heavy atom. The van der Waals surface area contributed by atoms with E-state index in [1.165, 1.54) is 18.2 Å². The number of amides is 5. The van der Waals surface area contributed by atoms with Crippen LogP contribution in [0.5, 0.6) is 11.5 Å². The van der Waals surface area contributed by atoms with Crippen molar-refractivity contribution >= 4 is 64.4 Å². The molecule has 38 heavy (non-hydrogen) atoms. The first-order valence-electron chi connectivity index (χ1n) is 11.2. The zero-order chi connectivity index (χ0) is 27.4. The molecule has 0 unspecified atom stereocenters. The smallest absolute Gasteiger partial charge is 0.335 e. The number of ether oxygens (including phenoxy) is 2. The molecule has 0 aromatic heterocycles. The topological polar surface area (TPSA) is 114 Å². The molecular weight excluding hydrogens is 533 g/mol. The molecule has 1 aliphatic heterocycles. The summed E-state index contributed by atoms with van der Waals surface area (Å²) in [7, 11) is 1.55. The highest BCUT2D eigenvalue weighted by Gasteiger charge is 2.37. The van der Waals surface area contributed by atoms with Crippen LogP contribution in [0.1, 0.15) is 11.1 Å². The molecule has 1 aliphatic rings. The molecule has 0 atom stereocenters. The van der Waals surface area contributed by atoms with Crippen LogP contribution < -0.4 is 25.0 Å². The van der Waals surface area contributed by atoms with Gasteiger partial charge in [0.25, 0.3) is 17.7 Å². The number of anilines is 2. The van der Waals surface area contributed by atoms with Gasteiger partial charge >= 0.3 is 6.03 Å². The van der Waals surface area contributed by atoms with Crippen LogP contribution in [-0.4, -0.2) is 37.5 Å². The molecule has 3 aromatic rings. The summed E-state index contributed by atoms with van der Waals surface area (Å²) in [5.74, 6) is -1.17. The van der Waals surface area contributed by atoms with Crippen molar-refractivity contribution < 1.29 is 28.7 Å². The Morgan fingerprint density at radius 1 is 1.03 bits per heavy atom. The zero-order valence-corrected chi connectivity index (χ0v) is 21.7. The first-order valence-corrected chi connectivity index (χ1v) is 12.0. The van der Waals surface area contributed by atoms with Gasteiger partial charge in [-0.1, -0.05) is 35.3 Å². The molecule has 0 bridgehead atoms. The van der Waals surface area contributed by atoms with Crippen molar-refractivity contribution in [3.05, 3.63) is 87.4 Å². The second kappa shape index (κ2) is 11.4. The molecule has 4 rings (SSSR count). The van der Waals surface area contributed by atoms with Gasteiger partial charge in [0.2, 0.25) is 0 Å². The number of halogens is 2. The van der Waals surface area contributed by atoms with Crippen LogP contribution in [0.25, 0.3) is 6.08 Å². The number of carbonyl (C=O) groups is 4. The summed E-state index contributed by atoms with van der Waals surface area (Å²) in [6.07, 6.45) is 1.31. The van der Waals surface area contributed by atoms with Crippen LogP contribution in [0.3, 0.4) is 0 Å². The summed E-state index contributed by atoms with van der Waals surface area (Å²) in [6.45, 7) is 1.36. The Labute approximate surface area is 227 Å². The molecule has 194 valence electrons. The van der Waals surface area contributed by atoms with Gasteiger partial charge in [0.05, 0.1) is 17.8 Å². The van der Waals surface area contributed by atoms with E-state index in [9.17, 15) is 19.2 Å². The number of barbiturate groups is 1. The standard InChI is InChI=1S/C27H21Cl2N3O6/c1-15-20(28)4-3-5-22(15)32-26(35)19(25(34)31-27(32)36)12-16-6-11-23(21(29)13-16)38-14-24(33)30-17-7-9-18(37-2)10-8-17/h3-13H,14H2,1-2H3,(H,30,33)(H,31,34,36)/b19-12-. The summed E-state index contributed by atoms with van der Waals surface area (Å²) in [5, 5.41) is 5.38. The number of nitrogens with one attached hydrogen (secondary N) is 2. The highest BCUT2D eigenvalue weighted by molar-refractivity contribution is 6.40. The largest absolute Gasteiger partial charge is 0.497 e. The molecule has 9 nitrogen and oxygen atoms in total. The number of hydrogen-bond acceptors (Lipinski definition) is 6. The minimum absolute atomic E-state index is 0.152. The molecule has 1 saturated heterocycles. The van der Waals surface area contributed by atoms with Gasteiger partial charge < -0.3 is 14.8 Å². The first kappa shape index (κ1) is 26.7. The van der Waals surface area contributed by atoms with Gasteiger partial charge in [-0.15, -0.1) is 0 Å². The van der Waals surface area contributed by atoms with Crippen LogP contribution in [0.15, 0.2) is 66.2 Å². The summed E-state index contributed by atoms with van der Waals surface area (Å²) >= 11 is 12.5. The number of rotatable bonds is 7. The molecular formula is C27H21Cl2N3O6. The second-order valence-electron chi connectivity index (χ2n) is 8.10. The number of hydrogen-bond donors (Lipinski definition) is 2. The van der Waals surface area contributed by atoms with E-state index in [4.69, 9.17) is 32.7 Å². The maximum absolute atomic E-state index is 13.2. The van der Waals surface area contributed by atoms with Crippen molar-refractivity contribution in [2.24, 2.45) is 0 Å². The van der Waals surface area contributed by atoms with Crippen molar-refractivity contribution in [2.45, 2.75) is 6.92 Å². The van der Waals surface area contributed by atoms with Crippen molar-refractivity contribution in [3.63, 3.8) is 0 Å². The lowest BCUT2D eigenvalue weighted by atomic mass is 10.1. The summed E-state index contributed by atoms with van der Waals surface area (Å²) in [6, 6.07) is 15.2. The summed E-state index contributed by atoms with van der Waals surface area (Å²) < 4.78 is 10.6. The normalized spacial score (nSPS) is 14.4. The average molecular weight is 554 g/mol. The van der Waals surface area contributed by atoms with E-state index in [-0.39, 0.29) is 28.6 Å². The molecule has 1 heterocycles. The third-order valence-corrected chi connectivity index (χ3v) is 6.29. The highest BCUT2D eigenvalue weighted by atomic mass is 35.5. The van der Waals surface area contributed by atoms with Gasteiger partial charge in [-0.3, -0.25) is 19.7 Å². The van der Waals surface area contributed by atoms with Crippen LogP contribution in [0.2, 0.25) is 10.0 Å². The Hall–Kier alpha value is -4.34. The van der Waals surface area contributed by atoms with Gasteiger partial charge in [0, 0.05) is 10.7 Å². The Balaban J connectivity index is 1.47. The molecule has 0 radical (unpaired) electrons. The van der Waals surface area contributed by atoms with Crippen molar-refractivity contribution in [2.75, 3.05) is 23.9 Å². The molecule has 0 saturated carbocycles. The minimum Gasteiger partial charge on any atom is -0.497 e. The van der Waals surface area contributed by atoms with E-state index in [1.807, 2.05) is 0 Å². The minimum atomic E-state index is -0.878. The molecule has 3 aromatic carbocycles. The van der Waals surface area contributed by atoms with E-state index >= 15 is 0 Å². The quantitative estimate of drug-likeness (QED) is 0.314. The van der Waals surface area contributed by atoms with Gasteiger partial charge in [-0.05, 0) is 72.7 Å². The lowest BCUT2D eigenvalue weighted by molar-refractivity contribution is -0.122. The fourth-order valence-electron chi connectivity index (χ4n) is 3.62. The predicted molar refractivity (Wildman–Crippen MR) is 144 cm³/mol. The van der Waals surface area contributed by atoms with E-state index in [0.29, 0.717) is 27.6 Å². The lowest BCUT2D eigenvalue weighted by Crippen LogP contribution is -2.54. The Morgan fingerprint density at radius 3 is 2.45 bits per heavy atom. The maximum atomic E-state index is 13.2. The molecule has 1 fully saturated rings. The first-order chi connectivity index (χ1) is 18.2. The van der Waals surface area contributed by atoms with E-state index in [1.54, 1.807) is 62.6 Å². The number of urea groups is 1. The van der Waals surface area contributed by atoms with Crippen LogP contribution in [0, 0.1) is 6.92 Å². The third-order valence-electron chi connectivity index (χ3n) is 5.58. The predicted octanol–water partition coefficient (Wildman–Crippen LogP) is 4.99. The summed E-state index contributed by atoms with van der Waals surface area (Å²) in [5.41, 5.74) is 1.47. The second-order valence-corrected chi connectivity index (χ2v) is 8.91. The van der Waals surface area contributed by atoms with E-state index in [0.717, 1.165) is 4.90 Å².